The fourth-order valence-electron chi connectivity index (χ4n) is 0.666. The van der Waals surface area contributed by atoms with Crippen LogP contribution in [0.15, 0.2) is 12.7 Å². The molecule has 0 bridgehead atoms. The summed E-state index contributed by atoms with van der Waals surface area (Å²) in [4.78, 5) is 21.5. The summed E-state index contributed by atoms with van der Waals surface area (Å²) in [5, 5.41) is 15.8. The van der Waals surface area contributed by atoms with Gasteiger partial charge in [-0.05, 0) is 6.08 Å². The third kappa shape index (κ3) is 7.11. The summed E-state index contributed by atoms with van der Waals surface area (Å²) in [5.74, 6) is -0.275. The van der Waals surface area contributed by atoms with Crippen molar-refractivity contribution in [2.24, 2.45) is 0 Å². The van der Waals surface area contributed by atoms with Crippen LogP contribution in [0.3, 0.4) is 0 Å². The molecule has 0 aliphatic carbocycles. The Morgan fingerprint density at radius 1 is 1.14 bits per heavy atom. The van der Waals surface area contributed by atoms with E-state index >= 15 is 0 Å². The standard InChI is InChI=1S/C8H15N3O3/c1-2-7(13)9-3-4-10-8(14)11-5-6-12/h2,12H,1,3-6H2,(H,9,13)(H2,10,11,14). The van der Waals surface area contributed by atoms with E-state index in [0.29, 0.717) is 13.1 Å². The van der Waals surface area contributed by atoms with Gasteiger partial charge in [-0.3, -0.25) is 4.79 Å². The van der Waals surface area contributed by atoms with Crippen LogP contribution in [0.4, 0.5) is 4.79 Å². The number of urea groups is 1. The number of carbonyl (C=O) groups excluding carboxylic acids is 2. The molecule has 0 aliphatic rings. The second kappa shape index (κ2) is 8.06. The average molecular weight is 201 g/mol. The van der Waals surface area contributed by atoms with Crippen LogP contribution < -0.4 is 16.0 Å². The average Bonchev–Trinajstić information content (AvgIpc) is 2.21. The molecule has 0 aliphatic heterocycles. The predicted octanol–water partition coefficient (Wildman–Crippen LogP) is -1.42. The highest BCUT2D eigenvalue weighted by molar-refractivity contribution is 5.86. The molecule has 3 amide bonds. The van der Waals surface area contributed by atoms with Crippen molar-refractivity contribution in [2.45, 2.75) is 0 Å². The summed E-state index contributed by atoms with van der Waals surface area (Å²) in [6.45, 7) is 4.07. The lowest BCUT2D eigenvalue weighted by Crippen LogP contribution is -2.40. The fraction of sp³-hybridized carbons (Fsp3) is 0.500. The van der Waals surface area contributed by atoms with Crippen molar-refractivity contribution in [3.8, 4) is 0 Å². The zero-order chi connectivity index (χ0) is 10.8. The highest BCUT2D eigenvalue weighted by Gasteiger charge is 1.97. The van der Waals surface area contributed by atoms with Crippen LogP contribution in [-0.4, -0.2) is 43.3 Å². The highest BCUT2D eigenvalue weighted by Crippen LogP contribution is 1.67. The molecule has 6 nitrogen and oxygen atoms in total. The molecule has 0 heterocycles. The van der Waals surface area contributed by atoms with Gasteiger partial charge in [0.25, 0.3) is 0 Å². The van der Waals surface area contributed by atoms with Gasteiger partial charge in [0.15, 0.2) is 0 Å². The molecule has 80 valence electrons. The Bertz CT molecular complexity index is 206. The maximum absolute atomic E-state index is 10.8. The molecule has 0 unspecified atom stereocenters. The number of amides is 3. The minimum absolute atomic E-state index is 0.0966. The van der Waals surface area contributed by atoms with E-state index in [2.05, 4.69) is 22.5 Å². The second-order valence-corrected chi connectivity index (χ2v) is 2.40. The first-order valence-electron chi connectivity index (χ1n) is 4.23. The molecule has 0 aromatic carbocycles. The van der Waals surface area contributed by atoms with Crippen molar-refractivity contribution in [3.05, 3.63) is 12.7 Å². The zero-order valence-corrected chi connectivity index (χ0v) is 7.88. The van der Waals surface area contributed by atoms with E-state index in [1.807, 2.05) is 0 Å². The number of aliphatic hydroxyl groups excluding tert-OH is 1. The van der Waals surface area contributed by atoms with Gasteiger partial charge in [-0.25, -0.2) is 4.79 Å². The summed E-state index contributed by atoms with van der Waals surface area (Å²) < 4.78 is 0. The van der Waals surface area contributed by atoms with Crippen molar-refractivity contribution < 1.29 is 14.7 Å². The first kappa shape index (κ1) is 12.4. The van der Waals surface area contributed by atoms with Crippen molar-refractivity contribution >= 4 is 11.9 Å². The molecule has 0 atom stereocenters. The molecule has 0 saturated heterocycles. The lowest BCUT2D eigenvalue weighted by molar-refractivity contribution is -0.116. The van der Waals surface area contributed by atoms with Crippen molar-refractivity contribution in [3.63, 3.8) is 0 Å². The maximum Gasteiger partial charge on any atom is 0.314 e. The van der Waals surface area contributed by atoms with Crippen molar-refractivity contribution in [2.75, 3.05) is 26.2 Å². The highest BCUT2D eigenvalue weighted by atomic mass is 16.3. The van der Waals surface area contributed by atoms with Gasteiger partial charge in [-0.15, -0.1) is 0 Å². The van der Waals surface area contributed by atoms with Gasteiger partial charge >= 0.3 is 6.03 Å². The van der Waals surface area contributed by atoms with Gasteiger partial charge in [0, 0.05) is 19.6 Å². The third-order valence-electron chi connectivity index (χ3n) is 1.29. The molecule has 0 aromatic heterocycles. The van der Waals surface area contributed by atoms with Gasteiger partial charge in [0.2, 0.25) is 5.91 Å². The fourth-order valence-corrected chi connectivity index (χ4v) is 0.666. The lowest BCUT2D eigenvalue weighted by atomic mass is 10.5. The van der Waals surface area contributed by atoms with Crippen LogP contribution in [0, 0.1) is 0 Å². The summed E-state index contributed by atoms with van der Waals surface area (Å²) in [6, 6.07) is -0.369. The van der Waals surface area contributed by atoms with E-state index in [1.165, 1.54) is 0 Å². The molecule has 6 heteroatoms. The van der Waals surface area contributed by atoms with Gasteiger partial charge in [-0.2, -0.15) is 0 Å². The van der Waals surface area contributed by atoms with Crippen LogP contribution in [0.5, 0.6) is 0 Å². The molecule has 14 heavy (non-hydrogen) atoms. The van der Waals surface area contributed by atoms with Crippen LogP contribution >= 0.6 is 0 Å². The Morgan fingerprint density at radius 3 is 2.29 bits per heavy atom. The topological polar surface area (TPSA) is 90.5 Å². The molecule has 0 fully saturated rings. The Kier molecular flexibility index (Phi) is 7.16. The molecule has 4 N–H and O–H groups in total. The predicted molar refractivity (Wildman–Crippen MR) is 51.7 cm³/mol. The Morgan fingerprint density at radius 2 is 1.71 bits per heavy atom. The van der Waals surface area contributed by atoms with Crippen molar-refractivity contribution in [1.82, 2.24) is 16.0 Å². The van der Waals surface area contributed by atoms with E-state index in [-0.39, 0.29) is 25.1 Å². The number of rotatable bonds is 6. The van der Waals surface area contributed by atoms with Crippen LogP contribution in [-0.2, 0) is 4.79 Å². The summed E-state index contributed by atoms with van der Waals surface area (Å²) >= 11 is 0. The Labute approximate surface area is 82.4 Å². The van der Waals surface area contributed by atoms with Gasteiger partial charge in [-0.1, -0.05) is 6.58 Å². The minimum atomic E-state index is -0.369. The van der Waals surface area contributed by atoms with Crippen molar-refractivity contribution in [1.29, 1.82) is 0 Å². The Hall–Kier alpha value is -1.56. The van der Waals surface area contributed by atoms with Gasteiger partial charge < -0.3 is 21.1 Å². The normalized spacial score (nSPS) is 8.93. The monoisotopic (exact) mass is 201 g/mol. The zero-order valence-electron chi connectivity index (χ0n) is 7.88. The number of hydrogen-bond acceptors (Lipinski definition) is 3. The quantitative estimate of drug-likeness (QED) is 0.314. The van der Waals surface area contributed by atoms with E-state index in [4.69, 9.17) is 5.11 Å². The smallest absolute Gasteiger partial charge is 0.314 e. The third-order valence-corrected chi connectivity index (χ3v) is 1.29. The van der Waals surface area contributed by atoms with Crippen LogP contribution in [0.25, 0.3) is 0 Å². The van der Waals surface area contributed by atoms with E-state index in [9.17, 15) is 9.59 Å². The Balaban J connectivity index is 3.31. The molecule has 0 saturated carbocycles. The second-order valence-electron chi connectivity index (χ2n) is 2.40. The largest absolute Gasteiger partial charge is 0.395 e. The summed E-state index contributed by atoms with van der Waals surface area (Å²) in [5.41, 5.74) is 0. The number of aliphatic hydroxyl groups is 1. The number of hydrogen-bond donors (Lipinski definition) is 4. The van der Waals surface area contributed by atoms with E-state index < -0.39 is 0 Å². The summed E-state index contributed by atoms with van der Waals surface area (Å²) in [6.07, 6.45) is 1.16. The molecule has 0 spiro atoms. The summed E-state index contributed by atoms with van der Waals surface area (Å²) in [7, 11) is 0. The molecule has 0 radical (unpaired) electrons. The SMILES string of the molecule is C=CC(=O)NCCNC(=O)NCCO. The molecular weight excluding hydrogens is 186 g/mol. The molecule has 0 aromatic rings. The van der Waals surface area contributed by atoms with Gasteiger partial charge in [0.05, 0.1) is 6.61 Å². The lowest BCUT2D eigenvalue weighted by Gasteiger charge is -2.06. The van der Waals surface area contributed by atoms with E-state index in [1.54, 1.807) is 0 Å². The number of carbonyl (C=O) groups is 2. The molecule has 0 rings (SSSR count). The van der Waals surface area contributed by atoms with Gasteiger partial charge in [0.1, 0.15) is 0 Å². The maximum atomic E-state index is 10.8. The minimum Gasteiger partial charge on any atom is -0.395 e. The van der Waals surface area contributed by atoms with Crippen LogP contribution in [0.1, 0.15) is 0 Å². The van der Waals surface area contributed by atoms with E-state index in [0.717, 1.165) is 6.08 Å². The number of nitrogens with one attached hydrogen (secondary N) is 3. The first-order valence-corrected chi connectivity index (χ1v) is 4.23. The first-order chi connectivity index (χ1) is 6.70. The van der Waals surface area contributed by atoms with Crippen LogP contribution in [0.2, 0.25) is 0 Å². The molecular formula is C8H15N3O3.